The minimum atomic E-state index is -0.786. The Morgan fingerprint density at radius 2 is 1.96 bits per heavy atom. The van der Waals surface area contributed by atoms with Gasteiger partial charge in [0.2, 0.25) is 0 Å². The molecule has 1 amide bonds. The third kappa shape index (κ3) is 2.59. The molecule has 2 N–H and O–H groups in total. The molecule has 1 atom stereocenters. The highest BCUT2D eigenvalue weighted by atomic mass is 19.1. The number of nitrogens with one attached hydrogen (secondary N) is 2. The molecule has 0 unspecified atom stereocenters. The number of ether oxygens (including phenoxy) is 1. The van der Waals surface area contributed by atoms with Crippen LogP contribution in [0, 0.1) is 12.7 Å². The van der Waals surface area contributed by atoms with E-state index in [9.17, 15) is 18.8 Å². The summed E-state index contributed by atoms with van der Waals surface area (Å²) in [6, 6.07) is 1.15. The van der Waals surface area contributed by atoms with Crippen LogP contribution in [0.5, 0.6) is 5.75 Å². The SMILES string of the molecule is CCCC[C@@H]1NC(=O)c2c(Nc3c(OC)c(=O)c3=O)c(F)cc(C)c21. The number of anilines is 2. The van der Waals surface area contributed by atoms with Gasteiger partial charge in [-0.25, -0.2) is 4.39 Å². The third-order valence-electron chi connectivity index (χ3n) is 4.57. The van der Waals surface area contributed by atoms with Gasteiger partial charge in [0.25, 0.3) is 16.8 Å². The van der Waals surface area contributed by atoms with Gasteiger partial charge in [-0.3, -0.25) is 14.4 Å². The Morgan fingerprint density at radius 1 is 1.24 bits per heavy atom. The molecule has 0 fully saturated rings. The number of rotatable bonds is 6. The number of fused-ring (bicyclic) bond motifs is 1. The van der Waals surface area contributed by atoms with E-state index < -0.39 is 16.7 Å². The topological polar surface area (TPSA) is 84.5 Å². The van der Waals surface area contributed by atoms with Crippen molar-refractivity contribution in [2.75, 3.05) is 12.4 Å². The molecule has 6 nitrogen and oxygen atoms in total. The van der Waals surface area contributed by atoms with Crippen LogP contribution in [0.3, 0.4) is 0 Å². The quantitative estimate of drug-likeness (QED) is 0.785. The minimum absolute atomic E-state index is 0.0949. The number of halogens is 1. The molecule has 0 radical (unpaired) electrons. The average molecular weight is 346 g/mol. The van der Waals surface area contributed by atoms with Gasteiger partial charge >= 0.3 is 0 Å². The standard InChI is InChI=1S/C18H19FN2O4/c1-4-5-6-10-11-8(2)7-9(19)13(12(11)18(24)20-10)21-14-15(22)16(23)17(14)25-3/h7,10,21H,4-6H2,1-3H3,(H,20,24)/t10-/m0/s1. The lowest BCUT2D eigenvalue weighted by Gasteiger charge is -2.17. The summed E-state index contributed by atoms with van der Waals surface area (Å²) in [6.45, 7) is 3.81. The van der Waals surface area contributed by atoms with Crippen molar-refractivity contribution in [1.82, 2.24) is 5.32 Å². The predicted molar refractivity (Wildman–Crippen MR) is 92.1 cm³/mol. The van der Waals surface area contributed by atoms with Crippen molar-refractivity contribution in [3.8, 4) is 5.75 Å². The fraction of sp³-hybridized carbons (Fsp3) is 0.389. The summed E-state index contributed by atoms with van der Waals surface area (Å²) in [5.41, 5.74) is -0.168. The zero-order chi connectivity index (χ0) is 18.3. The van der Waals surface area contributed by atoms with Gasteiger partial charge in [0.1, 0.15) is 11.5 Å². The summed E-state index contributed by atoms with van der Waals surface area (Å²) < 4.78 is 19.4. The van der Waals surface area contributed by atoms with E-state index in [2.05, 4.69) is 17.6 Å². The van der Waals surface area contributed by atoms with Crippen molar-refractivity contribution in [1.29, 1.82) is 0 Å². The molecular weight excluding hydrogens is 327 g/mol. The lowest BCUT2D eigenvalue weighted by Crippen LogP contribution is -2.34. The first kappa shape index (κ1) is 17.1. The molecule has 3 rings (SSSR count). The van der Waals surface area contributed by atoms with Gasteiger partial charge in [-0.15, -0.1) is 0 Å². The molecule has 0 aliphatic carbocycles. The van der Waals surface area contributed by atoms with Crippen LogP contribution in [0.1, 0.15) is 53.7 Å². The first-order chi connectivity index (χ1) is 11.9. The summed E-state index contributed by atoms with van der Waals surface area (Å²) in [7, 11) is 1.25. The first-order valence-electron chi connectivity index (χ1n) is 8.18. The monoisotopic (exact) mass is 346 g/mol. The van der Waals surface area contributed by atoms with Crippen LogP contribution in [-0.4, -0.2) is 13.0 Å². The Bertz CT molecular complexity index is 928. The van der Waals surface area contributed by atoms with Gasteiger partial charge in [-0.05, 0) is 30.5 Å². The van der Waals surface area contributed by atoms with Crippen molar-refractivity contribution in [2.45, 2.75) is 39.2 Å². The van der Waals surface area contributed by atoms with E-state index in [-0.39, 0.29) is 34.6 Å². The fourth-order valence-corrected chi connectivity index (χ4v) is 3.33. The Morgan fingerprint density at radius 3 is 2.60 bits per heavy atom. The lowest BCUT2D eigenvalue weighted by molar-refractivity contribution is 0.0955. The van der Waals surface area contributed by atoms with Crippen LogP contribution >= 0.6 is 0 Å². The highest BCUT2D eigenvalue weighted by Crippen LogP contribution is 2.39. The summed E-state index contributed by atoms with van der Waals surface area (Å²) in [6.07, 6.45) is 2.66. The van der Waals surface area contributed by atoms with Gasteiger partial charge in [0.15, 0.2) is 5.75 Å². The average Bonchev–Trinajstić information content (AvgIpc) is 2.91. The van der Waals surface area contributed by atoms with Gasteiger partial charge in [0, 0.05) is 0 Å². The van der Waals surface area contributed by atoms with E-state index in [0.717, 1.165) is 24.8 Å². The van der Waals surface area contributed by atoms with Crippen molar-refractivity contribution in [3.63, 3.8) is 0 Å². The Balaban J connectivity index is 2.08. The predicted octanol–water partition coefficient (Wildman–Crippen LogP) is 2.46. The molecule has 0 spiro atoms. The van der Waals surface area contributed by atoms with Crippen LogP contribution in [0.2, 0.25) is 0 Å². The van der Waals surface area contributed by atoms with E-state index in [1.165, 1.54) is 13.2 Å². The van der Waals surface area contributed by atoms with Gasteiger partial charge in [-0.1, -0.05) is 19.8 Å². The number of hydrogen-bond donors (Lipinski definition) is 2. The summed E-state index contributed by atoms with van der Waals surface area (Å²) in [5.74, 6) is -1.20. The molecule has 0 saturated heterocycles. The second-order valence-corrected chi connectivity index (χ2v) is 6.20. The number of aryl methyl sites for hydroxylation is 1. The van der Waals surface area contributed by atoms with Crippen LogP contribution < -0.4 is 26.2 Å². The molecule has 132 valence electrons. The molecule has 2 aromatic carbocycles. The Labute approximate surface area is 143 Å². The molecule has 1 aliphatic rings. The van der Waals surface area contributed by atoms with Crippen molar-refractivity contribution in [2.24, 2.45) is 0 Å². The van der Waals surface area contributed by atoms with Crippen LogP contribution in [0.25, 0.3) is 0 Å². The maximum atomic E-state index is 14.5. The molecule has 1 aliphatic heterocycles. The van der Waals surface area contributed by atoms with E-state index in [1.54, 1.807) is 6.92 Å². The number of carbonyl (C=O) groups is 1. The molecule has 0 bridgehead atoms. The van der Waals surface area contributed by atoms with Crippen molar-refractivity contribution >= 4 is 17.3 Å². The minimum Gasteiger partial charge on any atom is -0.491 e. The molecule has 0 saturated carbocycles. The summed E-state index contributed by atoms with van der Waals surface area (Å²) in [5, 5.41) is 5.48. The molecule has 25 heavy (non-hydrogen) atoms. The molecule has 7 heteroatoms. The number of amides is 1. The maximum absolute atomic E-state index is 14.5. The summed E-state index contributed by atoms with van der Waals surface area (Å²) >= 11 is 0. The number of hydrogen-bond acceptors (Lipinski definition) is 5. The second-order valence-electron chi connectivity index (χ2n) is 6.20. The van der Waals surface area contributed by atoms with E-state index in [1.807, 2.05) is 0 Å². The number of carbonyl (C=O) groups excluding carboxylic acids is 1. The number of benzene rings is 1. The van der Waals surface area contributed by atoms with Crippen LogP contribution in [-0.2, 0) is 0 Å². The molecule has 0 aromatic heterocycles. The Kier molecular flexibility index (Phi) is 4.32. The van der Waals surface area contributed by atoms with Crippen LogP contribution in [0.15, 0.2) is 15.7 Å². The first-order valence-corrected chi connectivity index (χ1v) is 8.18. The second kappa shape index (κ2) is 6.31. The normalized spacial score (nSPS) is 16.0. The molecule has 1 heterocycles. The van der Waals surface area contributed by atoms with Gasteiger partial charge in [-0.2, -0.15) is 0 Å². The number of unbranched alkanes of at least 4 members (excludes halogenated alkanes) is 1. The van der Waals surface area contributed by atoms with Crippen molar-refractivity contribution in [3.05, 3.63) is 49.0 Å². The zero-order valence-corrected chi connectivity index (χ0v) is 14.3. The summed E-state index contributed by atoms with van der Waals surface area (Å²) in [4.78, 5) is 35.6. The van der Waals surface area contributed by atoms with E-state index >= 15 is 0 Å². The van der Waals surface area contributed by atoms with E-state index in [0.29, 0.717) is 5.56 Å². The fourth-order valence-electron chi connectivity index (χ4n) is 3.33. The smallest absolute Gasteiger partial charge is 0.272 e. The highest BCUT2D eigenvalue weighted by molar-refractivity contribution is 6.05. The van der Waals surface area contributed by atoms with Gasteiger partial charge in [0.05, 0.1) is 24.4 Å². The number of methoxy groups -OCH3 is 1. The largest absolute Gasteiger partial charge is 0.491 e. The van der Waals surface area contributed by atoms with E-state index in [4.69, 9.17) is 4.74 Å². The molecule has 2 aromatic rings. The Hall–Kier alpha value is -2.70. The third-order valence-corrected chi connectivity index (χ3v) is 4.57. The van der Waals surface area contributed by atoms with Gasteiger partial charge < -0.3 is 15.4 Å². The highest BCUT2D eigenvalue weighted by Gasteiger charge is 2.35. The van der Waals surface area contributed by atoms with Crippen LogP contribution in [0.4, 0.5) is 15.8 Å². The zero-order valence-electron chi connectivity index (χ0n) is 14.3. The molecular formula is C18H19FN2O4. The van der Waals surface area contributed by atoms with Crippen molar-refractivity contribution < 1.29 is 13.9 Å². The maximum Gasteiger partial charge on any atom is 0.272 e. The lowest BCUT2D eigenvalue weighted by atomic mass is 9.94.